The van der Waals surface area contributed by atoms with Crippen molar-refractivity contribution in [3.8, 4) is 11.1 Å². The highest BCUT2D eigenvalue weighted by atomic mass is 79.9. The summed E-state index contributed by atoms with van der Waals surface area (Å²) in [7, 11) is 0. The van der Waals surface area contributed by atoms with Gasteiger partial charge in [0.15, 0.2) is 0 Å². The summed E-state index contributed by atoms with van der Waals surface area (Å²) in [5.74, 6) is 0. The maximum Gasteiger partial charge on any atom is 0.107 e. The maximum atomic E-state index is 4.51. The van der Waals surface area contributed by atoms with Crippen molar-refractivity contribution in [2.75, 3.05) is 0 Å². The molecule has 0 aliphatic heterocycles. The highest BCUT2D eigenvalue weighted by molar-refractivity contribution is 9.10. The van der Waals surface area contributed by atoms with Crippen molar-refractivity contribution in [2.24, 2.45) is 0 Å². The maximum absolute atomic E-state index is 4.51. The van der Waals surface area contributed by atoms with Gasteiger partial charge >= 0.3 is 0 Å². The second-order valence-corrected chi connectivity index (χ2v) is 5.14. The van der Waals surface area contributed by atoms with Crippen LogP contribution >= 0.6 is 32.9 Å². The van der Waals surface area contributed by atoms with Crippen molar-refractivity contribution in [2.45, 2.75) is 6.92 Å². The topological polar surface area (TPSA) is 12.9 Å². The number of rotatable bonds is 1. The Morgan fingerprint density at radius 1 is 0.895 bits per heavy atom. The number of benzene rings is 2. The minimum atomic E-state index is 0. The van der Waals surface area contributed by atoms with Crippen LogP contribution in [0.5, 0.6) is 0 Å². The summed E-state index contributed by atoms with van der Waals surface area (Å²) in [6, 6.07) is 18.8. The third-order valence-electron chi connectivity index (χ3n) is 3.12. The van der Waals surface area contributed by atoms with Crippen molar-refractivity contribution in [3.05, 3.63) is 64.8 Å². The standard InChI is InChI=1S/C16H12BrN.BrH/c1-11-6-2-3-7-12(11)14-10-16(17)18-15-9-5-4-8-13(14)15;/h2-10H,1H3;1H. The van der Waals surface area contributed by atoms with E-state index < -0.39 is 0 Å². The Bertz CT molecular complexity index is 723. The summed E-state index contributed by atoms with van der Waals surface area (Å²) in [6.45, 7) is 2.14. The van der Waals surface area contributed by atoms with Gasteiger partial charge in [-0.05, 0) is 51.7 Å². The fourth-order valence-electron chi connectivity index (χ4n) is 2.24. The van der Waals surface area contributed by atoms with Gasteiger partial charge in [-0.3, -0.25) is 0 Å². The summed E-state index contributed by atoms with van der Waals surface area (Å²) in [5, 5.41) is 1.19. The molecule has 19 heavy (non-hydrogen) atoms. The van der Waals surface area contributed by atoms with E-state index in [1.54, 1.807) is 0 Å². The van der Waals surface area contributed by atoms with E-state index in [0.29, 0.717) is 0 Å². The minimum Gasteiger partial charge on any atom is -0.241 e. The molecule has 0 N–H and O–H groups in total. The van der Waals surface area contributed by atoms with Crippen LogP contribution in [0, 0.1) is 6.92 Å². The van der Waals surface area contributed by atoms with E-state index in [1.807, 2.05) is 12.1 Å². The number of hydrogen-bond acceptors (Lipinski definition) is 1. The molecule has 0 bridgehead atoms. The molecule has 0 aliphatic rings. The molecule has 0 fully saturated rings. The molecule has 3 heteroatoms. The summed E-state index contributed by atoms with van der Waals surface area (Å²) in [4.78, 5) is 4.51. The zero-order chi connectivity index (χ0) is 12.5. The lowest BCUT2D eigenvalue weighted by molar-refractivity contribution is 1.35. The zero-order valence-corrected chi connectivity index (χ0v) is 13.7. The molecule has 0 radical (unpaired) electrons. The second kappa shape index (κ2) is 5.85. The van der Waals surface area contributed by atoms with Gasteiger partial charge in [0.05, 0.1) is 5.52 Å². The molecule has 1 nitrogen and oxygen atoms in total. The van der Waals surface area contributed by atoms with Gasteiger partial charge in [0, 0.05) is 5.39 Å². The molecule has 1 heterocycles. The average Bonchev–Trinajstić information content (AvgIpc) is 2.38. The van der Waals surface area contributed by atoms with Crippen LogP contribution in [0.3, 0.4) is 0 Å². The molecule has 1 aromatic heterocycles. The smallest absolute Gasteiger partial charge is 0.107 e. The van der Waals surface area contributed by atoms with Crippen LogP contribution in [0.4, 0.5) is 0 Å². The van der Waals surface area contributed by atoms with Crippen molar-refractivity contribution in [3.63, 3.8) is 0 Å². The Kier molecular flexibility index (Phi) is 4.38. The number of aromatic nitrogens is 1. The highest BCUT2D eigenvalue weighted by Gasteiger charge is 2.08. The SMILES string of the molecule is Br.Cc1ccccc1-c1cc(Br)nc2ccccc12. The van der Waals surface area contributed by atoms with Gasteiger partial charge < -0.3 is 0 Å². The summed E-state index contributed by atoms with van der Waals surface area (Å²) < 4.78 is 0.874. The van der Waals surface area contributed by atoms with Gasteiger partial charge in [-0.1, -0.05) is 42.5 Å². The third kappa shape index (κ3) is 2.72. The van der Waals surface area contributed by atoms with Gasteiger partial charge in [0.1, 0.15) is 4.60 Å². The summed E-state index contributed by atoms with van der Waals surface area (Å²) in [6.07, 6.45) is 0. The molecule has 0 saturated carbocycles. The molecule has 96 valence electrons. The number of fused-ring (bicyclic) bond motifs is 1. The van der Waals surface area contributed by atoms with E-state index in [1.165, 1.54) is 22.1 Å². The van der Waals surface area contributed by atoms with Gasteiger partial charge in [-0.2, -0.15) is 0 Å². The highest BCUT2D eigenvalue weighted by Crippen LogP contribution is 2.31. The third-order valence-corrected chi connectivity index (χ3v) is 3.53. The van der Waals surface area contributed by atoms with E-state index in [0.717, 1.165) is 10.1 Å². The number of pyridine rings is 1. The molecule has 0 amide bonds. The van der Waals surface area contributed by atoms with Crippen molar-refractivity contribution < 1.29 is 0 Å². The van der Waals surface area contributed by atoms with Gasteiger partial charge in [0.2, 0.25) is 0 Å². The van der Waals surface area contributed by atoms with Crippen LogP contribution in [0.1, 0.15) is 5.56 Å². The Labute approximate surface area is 131 Å². The first-order valence-electron chi connectivity index (χ1n) is 5.87. The Balaban J connectivity index is 0.00000133. The van der Waals surface area contributed by atoms with Crippen LogP contribution in [-0.4, -0.2) is 4.98 Å². The normalized spacial score (nSPS) is 10.2. The lowest BCUT2D eigenvalue weighted by Gasteiger charge is -2.10. The first kappa shape index (κ1) is 14.2. The molecule has 0 atom stereocenters. The minimum absolute atomic E-state index is 0. The summed E-state index contributed by atoms with van der Waals surface area (Å²) in [5.41, 5.74) is 4.79. The van der Waals surface area contributed by atoms with Gasteiger partial charge in [-0.25, -0.2) is 4.98 Å². The van der Waals surface area contributed by atoms with Crippen LogP contribution in [0.2, 0.25) is 0 Å². The Morgan fingerprint density at radius 3 is 2.37 bits per heavy atom. The molecule has 0 aliphatic carbocycles. The van der Waals surface area contributed by atoms with Crippen LogP contribution in [-0.2, 0) is 0 Å². The molecular weight excluding hydrogens is 366 g/mol. The van der Waals surface area contributed by atoms with Crippen LogP contribution in [0.15, 0.2) is 59.2 Å². The number of aryl methyl sites for hydroxylation is 1. The molecule has 3 aromatic rings. The lowest BCUT2D eigenvalue weighted by atomic mass is 9.98. The fourth-order valence-corrected chi connectivity index (χ4v) is 2.66. The number of halogens is 2. The van der Waals surface area contributed by atoms with Crippen molar-refractivity contribution >= 4 is 43.8 Å². The Hall–Kier alpha value is -1.19. The molecule has 0 unspecified atom stereocenters. The van der Waals surface area contributed by atoms with E-state index in [2.05, 4.69) is 70.3 Å². The van der Waals surface area contributed by atoms with E-state index in [-0.39, 0.29) is 17.0 Å². The number of nitrogens with zero attached hydrogens (tertiary/aromatic N) is 1. The summed E-state index contributed by atoms with van der Waals surface area (Å²) >= 11 is 3.49. The van der Waals surface area contributed by atoms with Crippen molar-refractivity contribution in [1.29, 1.82) is 0 Å². The molecule has 0 saturated heterocycles. The first-order valence-corrected chi connectivity index (χ1v) is 6.66. The second-order valence-electron chi connectivity index (χ2n) is 4.32. The predicted octanol–water partition coefficient (Wildman–Crippen LogP) is 5.55. The molecular formula is C16H13Br2N. The van der Waals surface area contributed by atoms with Crippen LogP contribution < -0.4 is 0 Å². The molecule has 3 rings (SSSR count). The van der Waals surface area contributed by atoms with Crippen molar-refractivity contribution in [1.82, 2.24) is 4.98 Å². The Morgan fingerprint density at radius 2 is 1.58 bits per heavy atom. The molecule has 0 spiro atoms. The monoisotopic (exact) mass is 377 g/mol. The lowest BCUT2D eigenvalue weighted by Crippen LogP contribution is -1.88. The van der Waals surface area contributed by atoms with Gasteiger partial charge in [0.25, 0.3) is 0 Å². The fraction of sp³-hybridized carbons (Fsp3) is 0.0625. The zero-order valence-electron chi connectivity index (χ0n) is 10.4. The number of hydrogen-bond donors (Lipinski definition) is 0. The predicted molar refractivity (Wildman–Crippen MR) is 89.9 cm³/mol. The van der Waals surface area contributed by atoms with E-state index in [9.17, 15) is 0 Å². The largest absolute Gasteiger partial charge is 0.241 e. The van der Waals surface area contributed by atoms with E-state index >= 15 is 0 Å². The van der Waals surface area contributed by atoms with Crippen LogP contribution in [0.25, 0.3) is 22.0 Å². The van der Waals surface area contributed by atoms with Gasteiger partial charge in [-0.15, -0.1) is 17.0 Å². The molecule has 2 aromatic carbocycles. The van der Waals surface area contributed by atoms with E-state index in [4.69, 9.17) is 0 Å². The number of para-hydroxylation sites is 1. The first-order chi connectivity index (χ1) is 8.75. The quantitative estimate of drug-likeness (QED) is 0.506. The average molecular weight is 379 g/mol.